The molecule has 4 heteroatoms. The largest absolute Gasteiger partial charge is 0.487 e. The van der Waals surface area contributed by atoms with Gasteiger partial charge in [-0.2, -0.15) is 0 Å². The Kier molecular flexibility index (Phi) is 3.44. The lowest BCUT2D eigenvalue weighted by Gasteiger charge is -2.10. The molecule has 3 rings (SSSR count). The zero-order valence-corrected chi connectivity index (χ0v) is 12.5. The zero-order valence-electron chi connectivity index (χ0n) is 10.1. The molecule has 2 aromatic carbocycles. The van der Waals surface area contributed by atoms with Crippen molar-refractivity contribution in [2.45, 2.75) is 6.61 Å². The van der Waals surface area contributed by atoms with E-state index in [0.29, 0.717) is 6.61 Å². The number of fused-ring (bicyclic) bond motifs is 1. The number of anilines is 1. The van der Waals surface area contributed by atoms with Crippen LogP contribution in [0.2, 0.25) is 0 Å². The molecule has 0 bridgehead atoms. The van der Waals surface area contributed by atoms with Gasteiger partial charge in [0.1, 0.15) is 12.4 Å². The van der Waals surface area contributed by atoms with Crippen molar-refractivity contribution in [3.05, 3.63) is 57.2 Å². The molecule has 0 saturated carbocycles. The Labute approximate surface area is 123 Å². The van der Waals surface area contributed by atoms with E-state index in [9.17, 15) is 0 Å². The second-order valence-corrected chi connectivity index (χ2v) is 6.74. The predicted molar refractivity (Wildman–Crippen MR) is 84.7 cm³/mol. The molecule has 0 radical (unpaired) electrons. The van der Waals surface area contributed by atoms with Crippen molar-refractivity contribution in [1.82, 2.24) is 0 Å². The highest BCUT2D eigenvalue weighted by Gasteiger charge is 2.05. The van der Waals surface area contributed by atoms with Gasteiger partial charge in [-0.25, -0.2) is 0 Å². The van der Waals surface area contributed by atoms with Crippen molar-refractivity contribution < 1.29 is 4.74 Å². The summed E-state index contributed by atoms with van der Waals surface area (Å²) in [5.41, 5.74) is 6.76. The molecule has 0 amide bonds. The quantitative estimate of drug-likeness (QED) is 0.697. The third-order valence-corrected chi connectivity index (χ3v) is 4.51. The number of hydrogen-bond acceptors (Lipinski definition) is 3. The van der Waals surface area contributed by atoms with Gasteiger partial charge < -0.3 is 10.5 Å². The highest BCUT2D eigenvalue weighted by Crippen LogP contribution is 2.31. The molecule has 0 unspecified atom stereocenters. The van der Waals surface area contributed by atoms with E-state index in [0.717, 1.165) is 26.0 Å². The smallest absolute Gasteiger partial charge is 0.127 e. The minimum absolute atomic E-state index is 0.574. The van der Waals surface area contributed by atoms with Gasteiger partial charge in [0.2, 0.25) is 0 Å². The van der Waals surface area contributed by atoms with Crippen LogP contribution < -0.4 is 10.5 Å². The van der Waals surface area contributed by atoms with Crippen molar-refractivity contribution in [3.63, 3.8) is 0 Å². The molecule has 0 aliphatic carbocycles. The molecule has 1 heterocycles. The first-order chi connectivity index (χ1) is 9.24. The van der Waals surface area contributed by atoms with Crippen molar-refractivity contribution in [3.8, 4) is 5.75 Å². The maximum Gasteiger partial charge on any atom is 0.127 e. The van der Waals surface area contributed by atoms with E-state index in [4.69, 9.17) is 10.5 Å². The Morgan fingerprint density at radius 2 is 1.79 bits per heavy atom. The molecule has 0 aliphatic rings. The van der Waals surface area contributed by atoms with E-state index in [1.54, 1.807) is 11.3 Å². The molecule has 2 N–H and O–H groups in total. The number of nitrogens with two attached hydrogens (primary N) is 1. The number of halogens is 1. The van der Waals surface area contributed by atoms with Crippen molar-refractivity contribution in [2.24, 2.45) is 0 Å². The lowest BCUT2D eigenvalue weighted by molar-refractivity contribution is 0.314. The van der Waals surface area contributed by atoms with Crippen LogP contribution in [-0.2, 0) is 6.61 Å². The summed E-state index contributed by atoms with van der Waals surface area (Å²) in [6.07, 6.45) is 0. The number of ether oxygens (including phenoxy) is 1. The van der Waals surface area contributed by atoms with Crippen molar-refractivity contribution in [1.29, 1.82) is 0 Å². The minimum atomic E-state index is 0.574. The third kappa shape index (κ3) is 2.60. The van der Waals surface area contributed by atoms with Gasteiger partial charge in [0.25, 0.3) is 0 Å². The predicted octanol–water partition coefficient (Wildman–Crippen LogP) is 4.83. The Morgan fingerprint density at radius 1 is 1.00 bits per heavy atom. The van der Waals surface area contributed by atoms with E-state index >= 15 is 0 Å². The molecule has 3 aromatic rings. The number of benzene rings is 2. The van der Waals surface area contributed by atoms with Crippen LogP contribution in [-0.4, -0.2) is 0 Å². The fraction of sp³-hybridized carbons (Fsp3) is 0.0667. The first kappa shape index (κ1) is 12.5. The van der Waals surface area contributed by atoms with Gasteiger partial charge in [-0.1, -0.05) is 24.3 Å². The molecular weight excluding hydrogens is 322 g/mol. The van der Waals surface area contributed by atoms with Gasteiger partial charge in [0.05, 0.1) is 3.79 Å². The van der Waals surface area contributed by atoms with Gasteiger partial charge in [-0.05, 0) is 40.2 Å². The van der Waals surface area contributed by atoms with E-state index in [1.807, 2.05) is 42.5 Å². The second-order valence-electron chi connectivity index (χ2n) is 4.19. The second kappa shape index (κ2) is 5.23. The number of thiophene rings is 1. The van der Waals surface area contributed by atoms with Crippen LogP contribution in [0.5, 0.6) is 5.75 Å². The molecule has 0 atom stereocenters. The topological polar surface area (TPSA) is 35.2 Å². The van der Waals surface area contributed by atoms with Gasteiger partial charge in [0, 0.05) is 21.3 Å². The summed E-state index contributed by atoms with van der Waals surface area (Å²) in [4.78, 5) is 1.19. The monoisotopic (exact) mass is 333 g/mol. The van der Waals surface area contributed by atoms with Crippen molar-refractivity contribution >= 4 is 43.7 Å². The Balaban J connectivity index is 1.91. The molecule has 0 spiro atoms. The molecule has 0 saturated heterocycles. The zero-order chi connectivity index (χ0) is 13.2. The van der Waals surface area contributed by atoms with Crippen LogP contribution in [0.15, 0.2) is 52.3 Å². The van der Waals surface area contributed by atoms with E-state index in [-0.39, 0.29) is 0 Å². The summed E-state index contributed by atoms with van der Waals surface area (Å²) in [6.45, 7) is 0.574. The number of nitrogen functional groups attached to an aromatic ring is 1. The summed E-state index contributed by atoms with van der Waals surface area (Å²) in [5, 5.41) is 2.09. The van der Waals surface area contributed by atoms with Crippen LogP contribution in [0, 0.1) is 0 Å². The van der Waals surface area contributed by atoms with E-state index < -0.39 is 0 Å². The van der Waals surface area contributed by atoms with Crippen LogP contribution in [0.1, 0.15) is 4.88 Å². The maximum atomic E-state index is 5.98. The highest BCUT2D eigenvalue weighted by atomic mass is 79.9. The molecule has 19 heavy (non-hydrogen) atoms. The van der Waals surface area contributed by atoms with Gasteiger partial charge >= 0.3 is 0 Å². The fourth-order valence-corrected chi connectivity index (χ4v) is 3.40. The third-order valence-electron chi connectivity index (χ3n) is 2.92. The van der Waals surface area contributed by atoms with Gasteiger partial charge in [-0.3, -0.25) is 0 Å². The lowest BCUT2D eigenvalue weighted by Crippen LogP contribution is -1.95. The SMILES string of the molecule is Nc1ccc(OCc2ccc(Br)s2)c2ccccc12. The molecule has 1 aromatic heterocycles. The fourth-order valence-electron chi connectivity index (χ4n) is 2.00. The Morgan fingerprint density at radius 3 is 2.53 bits per heavy atom. The summed E-state index contributed by atoms with van der Waals surface area (Å²) < 4.78 is 7.03. The Hall–Kier alpha value is -1.52. The molecule has 0 fully saturated rings. The average Bonchev–Trinajstić information content (AvgIpc) is 2.84. The first-order valence-electron chi connectivity index (χ1n) is 5.88. The molecular formula is C15H12BrNOS. The summed E-state index contributed by atoms with van der Waals surface area (Å²) in [5.74, 6) is 0.870. The normalized spacial score (nSPS) is 10.8. The van der Waals surface area contributed by atoms with Crippen LogP contribution in [0.3, 0.4) is 0 Å². The number of hydrogen-bond donors (Lipinski definition) is 1. The molecule has 0 aliphatic heterocycles. The summed E-state index contributed by atoms with van der Waals surface area (Å²) in [7, 11) is 0. The Bertz CT molecular complexity index is 723. The molecule has 2 nitrogen and oxygen atoms in total. The molecule has 96 valence electrons. The van der Waals surface area contributed by atoms with E-state index in [2.05, 4.69) is 22.0 Å². The summed E-state index contributed by atoms with van der Waals surface area (Å²) >= 11 is 5.14. The van der Waals surface area contributed by atoms with Gasteiger partial charge in [-0.15, -0.1) is 11.3 Å². The van der Waals surface area contributed by atoms with Crippen LogP contribution in [0.4, 0.5) is 5.69 Å². The standard InChI is InChI=1S/C15H12BrNOS/c16-15-8-5-10(19-15)9-18-14-7-6-13(17)11-3-1-2-4-12(11)14/h1-8H,9,17H2. The highest BCUT2D eigenvalue weighted by molar-refractivity contribution is 9.11. The minimum Gasteiger partial charge on any atom is -0.487 e. The van der Waals surface area contributed by atoms with Crippen LogP contribution in [0.25, 0.3) is 10.8 Å². The van der Waals surface area contributed by atoms with Gasteiger partial charge in [0.15, 0.2) is 0 Å². The first-order valence-corrected chi connectivity index (χ1v) is 7.49. The summed E-state index contributed by atoms with van der Waals surface area (Å²) in [6, 6.07) is 15.9. The van der Waals surface area contributed by atoms with Crippen LogP contribution >= 0.6 is 27.3 Å². The lowest BCUT2D eigenvalue weighted by atomic mass is 10.1. The van der Waals surface area contributed by atoms with Crippen molar-refractivity contribution in [2.75, 3.05) is 5.73 Å². The average molecular weight is 334 g/mol. The maximum absolute atomic E-state index is 5.98. The van der Waals surface area contributed by atoms with E-state index in [1.165, 1.54) is 4.88 Å². The number of rotatable bonds is 3.